The van der Waals surface area contributed by atoms with Crippen LogP contribution in [0.15, 0.2) is 4.52 Å². The summed E-state index contributed by atoms with van der Waals surface area (Å²) in [5.74, 6) is 2.50. The Morgan fingerprint density at radius 1 is 1.17 bits per heavy atom. The quantitative estimate of drug-likeness (QED) is 0.792. The highest BCUT2D eigenvalue weighted by molar-refractivity contribution is 7.99. The van der Waals surface area contributed by atoms with Crippen molar-refractivity contribution in [3.05, 3.63) is 11.7 Å². The van der Waals surface area contributed by atoms with Crippen molar-refractivity contribution < 1.29 is 14.1 Å². The lowest BCUT2D eigenvalue weighted by Gasteiger charge is -2.35. The number of rotatable bonds is 4. The molecule has 1 aromatic heterocycles. The van der Waals surface area contributed by atoms with E-state index in [4.69, 9.17) is 4.52 Å². The van der Waals surface area contributed by atoms with E-state index in [1.165, 1.54) is 24.6 Å². The fourth-order valence-electron chi connectivity index (χ4n) is 4.07. The third-order valence-electron chi connectivity index (χ3n) is 5.59. The van der Waals surface area contributed by atoms with Gasteiger partial charge in [0, 0.05) is 38.6 Å². The maximum atomic E-state index is 12.8. The molecule has 0 aromatic carbocycles. The molecule has 9 heteroatoms. The van der Waals surface area contributed by atoms with Crippen LogP contribution in [0.3, 0.4) is 0 Å². The Morgan fingerprint density at radius 2 is 1.97 bits per heavy atom. The summed E-state index contributed by atoms with van der Waals surface area (Å²) in [6.07, 6.45) is 6.88. The van der Waals surface area contributed by atoms with E-state index in [2.05, 4.69) is 20.4 Å². The molecule has 0 aliphatic carbocycles. The Balaban J connectivity index is 1.50. The summed E-state index contributed by atoms with van der Waals surface area (Å²) in [4.78, 5) is 33.6. The Kier molecular flexibility index (Phi) is 8.79. The smallest absolute Gasteiger partial charge is 0.236 e. The van der Waals surface area contributed by atoms with Gasteiger partial charge >= 0.3 is 0 Å². The normalized spacial score (nSPS) is 22.7. The number of hydrogen-bond acceptors (Lipinski definition) is 7. The summed E-state index contributed by atoms with van der Waals surface area (Å²) in [6, 6.07) is 0.349. The van der Waals surface area contributed by atoms with Gasteiger partial charge in [-0.25, -0.2) is 0 Å². The van der Waals surface area contributed by atoms with Gasteiger partial charge in [-0.05, 0) is 45.6 Å². The molecule has 1 aromatic rings. The number of nitrogens with zero attached hydrogens (tertiary/aromatic N) is 4. The SMILES string of the molecule is Cc1noc(CSCC(=O)N2CCCCNC(=O)CC3CCCCN3CCC2)n1. The molecular weight excluding hydrogens is 390 g/mol. The number of aryl methyl sites for hydroxylation is 1. The van der Waals surface area contributed by atoms with Crippen LogP contribution in [0.25, 0.3) is 0 Å². The molecule has 1 unspecified atom stereocenters. The van der Waals surface area contributed by atoms with Crippen LogP contribution in [0, 0.1) is 6.92 Å². The maximum Gasteiger partial charge on any atom is 0.236 e. The number of hydrogen-bond donors (Lipinski definition) is 1. The predicted molar refractivity (Wildman–Crippen MR) is 112 cm³/mol. The van der Waals surface area contributed by atoms with Crippen LogP contribution in [-0.4, -0.2) is 76.3 Å². The van der Waals surface area contributed by atoms with Crippen molar-refractivity contribution in [2.75, 3.05) is 38.5 Å². The number of nitrogens with one attached hydrogen (secondary N) is 1. The topological polar surface area (TPSA) is 91.6 Å². The fraction of sp³-hybridized carbons (Fsp3) is 0.800. The number of carbonyl (C=O) groups excluding carboxylic acids is 2. The van der Waals surface area contributed by atoms with E-state index in [0.717, 1.165) is 51.9 Å². The highest BCUT2D eigenvalue weighted by Gasteiger charge is 2.25. The van der Waals surface area contributed by atoms with Gasteiger partial charge in [0.25, 0.3) is 0 Å². The van der Waals surface area contributed by atoms with Crippen molar-refractivity contribution in [1.82, 2.24) is 25.3 Å². The van der Waals surface area contributed by atoms with Gasteiger partial charge in [-0.1, -0.05) is 11.6 Å². The van der Waals surface area contributed by atoms with Gasteiger partial charge in [-0.3, -0.25) is 14.5 Å². The Hall–Kier alpha value is -1.61. The van der Waals surface area contributed by atoms with E-state index < -0.39 is 0 Å². The number of aromatic nitrogens is 2. The minimum absolute atomic E-state index is 0.167. The molecule has 2 aliphatic heterocycles. The molecule has 29 heavy (non-hydrogen) atoms. The first-order valence-electron chi connectivity index (χ1n) is 10.8. The first-order valence-corrected chi connectivity index (χ1v) is 11.9. The van der Waals surface area contributed by atoms with Crippen LogP contribution in [-0.2, 0) is 15.3 Å². The average Bonchev–Trinajstić information content (AvgIpc) is 3.12. The molecule has 0 radical (unpaired) electrons. The molecule has 8 nitrogen and oxygen atoms in total. The van der Waals surface area contributed by atoms with Gasteiger partial charge in [0.2, 0.25) is 17.7 Å². The lowest BCUT2D eigenvalue weighted by atomic mass is 9.98. The predicted octanol–water partition coefficient (Wildman–Crippen LogP) is 1.98. The van der Waals surface area contributed by atoms with Crippen molar-refractivity contribution in [2.24, 2.45) is 0 Å². The van der Waals surface area contributed by atoms with Gasteiger partial charge in [0.05, 0.1) is 11.5 Å². The van der Waals surface area contributed by atoms with Crippen LogP contribution < -0.4 is 5.32 Å². The third kappa shape index (κ3) is 7.29. The van der Waals surface area contributed by atoms with Gasteiger partial charge in [-0.2, -0.15) is 4.98 Å². The van der Waals surface area contributed by atoms with Gasteiger partial charge in [-0.15, -0.1) is 11.8 Å². The zero-order valence-electron chi connectivity index (χ0n) is 17.4. The fourth-order valence-corrected chi connectivity index (χ4v) is 4.82. The van der Waals surface area contributed by atoms with Crippen LogP contribution >= 0.6 is 11.8 Å². The van der Waals surface area contributed by atoms with E-state index in [1.54, 1.807) is 6.92 Å². The van der Waals surface area contributed by atoms with Crippen LogP contribution in [0.2, 0.25) is 0 Å². The Morgan fingerprint density at radius 3 is 2.79 bits per heavy atom. The van der Waals surface area contributed by atoms with E-state index >= 15 is 0 Å². The summed E-state index contributed by atoms with van der Waals surface area (Å²) in [5, 5.41) is 6.84. The number of carbonyl (C=O) groups is 2. The second-order valence-corrected chi connectivity index (χ2v) is 8.89. The van der Waals surface area contributed by atoms with E-state index in [9.17, 15) is 9.59 Å². The number of thioether (sulfide) groups is 1. The monoisotopic (exact) mass is 423 g/mol. The summed E-state index contributed by atoms with van der Waals surface area (Å²) >= 11 is 1.52. The number of fused-ring (bicyclic) bond motifs is 1. The number of piperidine rings is 1. The molecule has 2 saturated heterocycles. The molecule has 2 fully saturated rings. The summed E-state index contributed by atoms with van der Waals surface area (Å²) in [5.41, 5.74) is 0. The van der Waals surface area contributed by atoms with Crippen molar-refractivity contribution in [1.29, 1.82) is 0 Å². The molecular formula is C20H33N5O3S. The first kappa shape index (κ1) is 22.1. The summed E-state index contributed by atoms with van der Waals surface area (Å²) in [6.45, 7) is 6.03. The second-order valence-electron chi connectivity index (χ2n) is 7.91. The molecule has 1 N–H and O–H groups in total. The van der Waals surface area contributed by atoms with Gasteiger partial charge in [0.1, 0.15) is 0 Å². The Bertz CT molecular complexity index is 668. The lowest BCUT2D eigenvalue weighted by Crippen LogP contribution is -2.44. The van der Waals surface area contributed by atoms with Crippen LogP contribution in [0.5, 0.6) is 0 Å². The van der Waals surface area contributed by atoms with E-state index in [-0.39, 0.29) is 11.8 Å². The van der Waals surface area contributed by atoms with Crippen LogP contribution in [0.1, 0.15) is 56.7 Å². The minimum Gasteiger partial charge on any atom is -0.356 e. The van der Waals surface area contributed by atoms with Crippen LogP contribution in [0.4, 0.5) is 0 Å². The Labute approximate surface area is 177 Å². The zero-order chi connectivity index (χ0) is 20.5. The molecule has 0 saturated carbocycles. The molecule has 3 rings (SSSR count). The molecule has 162 valence electrons. The standard InChI is InChI=1S/C20H33N5O3S/c1-16-22-19(28-23-16)14-29-15-20(27)25-10-5-3-8-21-18(26)13-17-7-2-4-9-24(17)11-6-12-25/h17H,2-15H2,1H3,(H,21,26). The molecule has 2 amide bonds. The van der Waals surface area contributed by atoms with Gasteiger partial charge < -0.3 is 14.7 Å². The van der Waals surface area contributed by atoms with Crippen molar-refractivity contribution in [3.63, 3.8) is 0 Å². The average molecular weight is 424 g/mol. The molecule has 2 aliphatic rings. The molecule has 0 spiro atoms. The molecule has 0 bridgehead atoms. The third-order valence-corrected chi connectivity index (χ3v) is 6.50. The minimum atomic E-state index is 0.167. The van der Waals surface area contributed by atoms with Crippen molar-refractivity contribution in [3.8, 4) is 0 Å². The molecule has 3 heterocycles. The number of amides is 2. The largest absolute Gasteiger partial charge is 0.356 e. The first-order chi connectivity index (χ1) is 14.1. The highest BCUT2D eigenvalue weighted by atomic mass is 32.2. The van der Waals surface area contributed by atoms with E-state index in [1.807, 2.05) is 4.90 Å². The summed E-state index contributed by atoms with van der Waals surface area (Å²) < 4.78 is 5.11. The van der Waals surface area contributed by atoms with Crippen molar-refractivity contribution >= 4 is 23.6 Å². The summed E-state index contributed by atoms with van der Waals surface area (Å²) in [7, 11) is 0. The van der Waals surface area contributed by atoms with E-state index in [0.29, 0.717) is 42.2 Å². The maximum absolute atomic E-state index is 12.8. The zero-order valence-corrected chi connectivity index (χ0v) is 18.2. The van der Waals surface area contributed by atoms with Gasteiger partial charge in [0.15, 0.2) is 5.82 Å². The van der Waals surface area contributed by atoms with Crippen molar-refractivity contribution in [2.45, 2.75) is 63.7 Å². The highest BCUT2D eigenvalue weighted by Crippen LogP contribution is 2.20. The second kappa shape index (κ2) is 11.5. The molecule has 1 atom stereocenters. The lowest BCUT2D eigenvalue weighted by molar-refractivity contribution is -0.128.